The second-order valence-corrected chi connectivity index (χ2v) is 2.37. The zero-order valence-electron chi connectivity index (χ0n) is 5.90. The molecule has 1 aromatic rings. The minimum atomic E-state index is 0.688. The quantitative estimate of drug-likeness (QED) is 0.635. The monoisotopic (exact) mass is 169 g/mol. The lowest BCUT2D eigenvalue weighted by atomic mass is 10.4. The summed E-state index contributed by atoms with van der Waals surface area (Å²) < 4.78 is 1.88. The van der Waals surface area contributed by atoms with Crippen molar-refractivity contribution >= 4 is 17.9 Å². The molecular weight excluding hydrogens is 162 g/mol. The number of allylic oxidation sites excluding steroid dienone is 1. The Labute approximate surface area is 70.1 Å². The van der Waals surface area contributed by atoms with Crippen molar-refractivity contribution in [2.45, 2.75) is 6.54 Å². The van der Waals surface area contributed by atoms with Gasteiger partial charge in [0.05, 0.1) is 0 Å². The van der Waals surface area contributed by atoms with E-state index in [-0.39, 0.29) is 0 Å². The van der Waals surface area contributed by atoms with E-state index >= 15 is 0 Å². The first kappa shape index (κ1) is 8.08. The van der Waals surface area contributed by atoms with Crippen LogP contribution >= 0.6 is 11.6 Å². The van der Waals surface area contributed by atoms with E-state index < -0.39 is 0 Å². The van der Waals surface area contributed by atoms with Crippen molar-refractivity contribution < 1.29 is 4.79 Å². The maximum Gasteiger partial charge on any atom is 0.151 e. The van der Waals surface area contributed by atoms with Gasteiger partial charge in [-0.2, -0.15) is 0 Å². The molecule has 0 N–H and O–H groups in total. The predicted molar refractivity (Wildman–Crippen MR) is 44.8 cm³/mol. The second kappa shape index (κ2) is 3.98. The number of hydrogen-bond donors (Lipinski definition) is 0. The normalized spacial score (nSPS) is 10.6. The Balaban J connectivity index is 2.65. The van der Waals surface area contributed by atoms with Gasteiger partial charge in [0, 0.05) is 30.0 Å². The molecule has 1 rings (SSSR count). The fourth-order valence-corrected chi connectivity index (χ4v) is 0.884. The maximum atomic E-state index is 10.2. The van der Waals surface area contributed by atoms with Gasteiger partial charge < -0.3 is 4.57 Å². The van der Waals surface area contributed by atoms with Crippen molar-refractivity contribution in [1.82, 2.24) is 4.57 Å². The van der Waals surface area contributed by atoms with Gasteiger partial charge in [-0.05, 0) is 6.07 Å². The molecule has 1 aromatic heterocycles. The molecule has 0 aliphatic rings. The standard InChI is InChI=1S/C8H8ClNO/c9-3-1-4-10-5-2-8(6-10)7-11/h1-3,5-7H,4H2. The Bertz CT molecular complexity index is 265. The van der Waals surface area contributed by atoms with Gasteiger partial charge in [0.25, 0.3) is 0 Å². The third kappa shape index (κ3) is 2.24. The van der Waals surface area contributed by atoms with Gasteiger partial charge in [0.2, 0.25) is 0 Å². The van der Waals surface area contributed by atoms with Crippen LogP contribution in [0, 0.1) is 0 Å². The molecule has 58 valence electrons. The maximum absolute atomic E-state index is 10.2. The molecule has 0 saturated carbocycles. The van der Waals surface area contributed by atoms with E-state index in [0.717, 1.165) is 6.29 Å². The molecule has 2 nitrogen and oxygen atoms in total. The van der Waals surface area contributed by atoms with Crippen LogP contribution in [0.1, 0.15) is 10.4 Å². The van der Waals surface area contributed by atoms with Crippen molar-refractivity contribution in [3.05, 3.63) is 35.6 Å². The number of halogens is 1. The molecule has 0 bridgehead atoms. The average molecular weight is 170 g/mol. The molecule has 0 spiro atoms. The van der Waals surface area contributed by atoms with Crippen molar-refractivity contribution in [2.75, 3.05) is 0 Å². The zero-order chi connectivity index (χ0) is 8.10. The number of carbonyl (C=O) groups is 1. The van der Waals surface area contributed by atoms with E-state index in [0.29, 0.717) is 12.1 Å². The number of hydrogen-bond acceptors (Lipinski definition) is 1. The van der Waals surface area contributed by atoms with Crippen LogP contribution in [0.15, 0.2) is 30.1 Å². The Morgan fingerprint density at radius 1 is 1.64 bits per heavy atom. The van der Waals surface area contributed by atoms with Crippen molar-refractivity contribution in [2.24, 2.45) is 0 Å². The summed E-state index contributed by atoms with van der Waals surface area (Å²) in [5.41, 5.74) is 2.15. The van der Waals surface area contributed by atoms with Crippen molar-refractivity contribution in [3.63, 3.8) is 0 Å². The predicted octanol–water partition coefficient (Wildman–Crippen LogP) is 2.05. The molecule has 0 aliphatic heterocycles. The number of aldehydes is 1. The lowest BCUT2D eigenvalue weighted by molar-refractivity contribution is 0.112. The molecule has 11 heavy (non-hydrogen) atoms. The summed E-state index contributed by atoms with van der Waals surface area (Å²) in [6.07, 6.45) is 6.22. The first-order valence-corrected chi connectivity index (χ1v) is 3.66. The molecular formula is C8H8ClNO. The molecule has 3 heteroatoms. The largest absolute Gasteiger partial charge is 0.350 e. The highest BCUT2D eigenvalue weighted by Gasteiger charge is 1.91. The van der Waals surface area contributed by atoms with E-state index in [1.807, 2.05) is 10.8 Å². The summed E-state index contributed by atoms with van der Waals surface area (Å²) in [4.78, 5) is 10.2. The molecule has 0 unspecified atom stereocenters. The summed E-state index contributed by atoms with van der Waals surface area (Å²) >= 11 is 5.33. The van der Waals surface area contributed by atoms with Crippen LogP contribution in [0.5, 0.6) is 0 Å². The minimum absolute atomic E-state index is 0.688. The SMILES string of the molecule is O=Cc1ccn(CC=CCl)c1. The van der Waals surface area contributed by atoms with Crippen LogP contribution in [0.25, 0.3) is 0 Å². The van der Waals surface area contributed by atoms with Gasteiger partial charge in [0.15, 0.2) is 6.29 Å². The van der Waals surface area contributed by atoms with Gasteiger partial charge in [-0.1, -0.05) is 17.7 Å². The minimum Gasteiger partial charge on any atom is -0.350 e. The topological polar surface area (TPSA) is 22.0 Å². The first-order valence-electron chi connectivity index (χ1n) is 3.23. The second-order valence-electron chi connectivity index (χ2n) is 2.12. The average Bonchev–Trinajstić information content (AvgIpc) is 2.48. The summed E-state index contributed by atoms with van der Waals surface area (Å²) in [7, 11) is 0. The lowest BCUT2D eigenvalue weighted by Crippen LogP contribution is -1.88. The molecule has 0 fully saturated rings. The highest BCUT2D eigenvalue weighted by molar-refractivity contribution is 6.25. The molecule has 1 heterocycles. The molecule has 0 saturated heterocycles. The van der Waals surface area contributed by atoms with Gasteiger partial charge in [-0.25, -0.2) is 0 Å². The van der Waals surface area contributed by atoms with E-state index in [9.17, 15) is 4.79 Å². The van der Waals surface area contributed by atoms with Crippen molar-refractivity contribution in [1.29, 1.82) is 0 Å². The molecule has 0 amide bonds. The highest BCUT2D eigenvalue weighted by atomic mass is 35.5. The van der Waals surface area contributed by atoms with E-state index in [2.05, 4.69) is 0 Å². The Morgan fingerprint density at radius 2 is 2.45 bits per heavy atom. The summed E-state index contributed by atoms with van der Waals surface area (Å²) in [5, 5.41) is 0. The van der Waals surface area contributed by atoms with E-state index in [1.165, 1.54) is 5.54 Å². The zero-order valence-corrected chi connectivity index (χ0v) is 6.66. The summed E-state index contributed by atoms with van der Waals surface area (Å²) in [6.45, 7) is 0.706. The van der Waals surface area contributed by atoms with Crippen LogP contribution in [-0.2, 0) is 6.54 Å². The summed E-state index contributed by atoms with van der Waals surface area (Å²) in [6, 6.07) is 1.76. The van der Waals surface area contributed by atoms with Crippen LogP contribution in [0.4, 0.5) is 0 Å². The van der Waals surface area contributed by atoms with Crippen LogP contribution in [0.3, 0.4) is 0 Å². The van der Waals surface area contributed by atoms with Crippen molar-refractivity contribution in [3.8, 4) is 0 Å². The number of nitrogens with zero attached hydrogens (tertiary/aromatic N) is 1. The Hall–Kier alpha value is -1.02. The van der Waals surface area contributed by atoms with Gasteiger partial charge >= 0.3 is 0 Å². The molecule has 0 radical (unpaired) electrons. The highest BCUT2D eigenvalue weighted by Crippen LogP contribution is 1.97. The summed E-state index contributed by atoms with van der Waals surface area (Å²) in [5.74, 6) is 0. The number of carbonyl (C=O) groups excluding carboxylic acids is 1. The van der Waals surface area contributed by atoms with Gasteiger partial charge in [-0.15, -0.1) is 0 Å². The molecule has 0 aromatic carbocycles. The fourth-order valence-electron chi connectivity index (χ4n) is 0.804. The third-order valence-electron chi connectivity index (χ3n) is 1.31. The number of rotatable bonds is 3. The van der Waals surface area contributed by atoms with Crippen LogP contribution in [0.2, 0.25) is 0 Å². The van der Waals surface area contributed by atoms with E-state index in [4.69, 9.17) is 11.6 Å². The number of aromatic nitrogens is 1. The molecule has 0 atom stereocenters. The smallest absolute Gasteiger partial charge is 0.151 e. The fraction of sp³-hybridized carbons (Fsp3) is 0.125. The van der Waals surface area contributed by atoms with Gasteiger partial charge in [-0.3, -0.25) is 4.79 Å². The van der Waals surface area contributed by atoms with Crippen LogP contribution < -0.4 is 0 Å². The third-order valence-corrected chi connectivity index (χ3v) is 1.49. The molecule has 0 aliphatic carbocycles. The van der Waals surface area contributed by atoms with Gasteiger partial charge in [0.1, 0.15) is 0 Å². The van der Waals surface area contributed by atoms with E-state index in [1.54, 1.807) is 18.3 Å². The van der Waals surface area contributed by atoms with Crippen LogP contribution in [-0.4, -0.2) is 10.9 Å². The first-order chi connectivity index (χ1) is 5.36. The Morgan fingerprint density at radius 3 is 3.00 bits per heavy atom. The lowest BCUT2D eigenvalue weighted by Gasteiger charge is -1.92. The Kier molecular flexibility index (Phi) is 2.93.